The molecule has 0 saturated carbocycles. The van der Waals surface area contributed by atoms with Gasteiger partial charge < -0.3 is 9.47 Å². The summed E-state index contributed by atoms with van der Waals surface area (Å²) in [5.74, 6) is 1.72. The van der Waals surface area contributed by atoms with E-state index in [9.17, 15) is 4.79 Å². The molecule has 0 radical (unpaired) electrons. The number of carbonyl (C=O) groups excluding carboxylic acids is 1. The number of hydrogen-bond acceptors (Lipinski definition) is 2. The van der Waals surface area contributed by atoms with Crippen LogP contribution in [0.15, 0.2) is 24.5 Å². The highest BCUT2D eigenvalue weighted by Gasteiger charge is 2.26. The molecule has 2 heterocycles. The second-order valence-electron chi connectivity index (χ2n) is 5.16. The van der Waals surface area contributed by atoms with E-state index >= 15 is 0 Å². The van der Waals surface area contributed by atoms with E-state index in [1.807, 2.05) is 30.4 Å². The smallest absolute Gasteiger partial charge is 0.226 e. The minimum absolute atomic E-state index is 0.239. The van der Waals surface area contributed by atoms with Crippen LogP contribution in [-0.2, 0) is 11.8 Å². The average molecular weight is 261 g/mol. The van der Waals surface area contributed by atoms with Crippen molar-refractivity contribution in [1.82, 2.24) is 14.5 Å². The van der Waals surface area contributed by atoms with Crippen molar-refractivity contribution in [2.45, 2.75) is 38.5 Å². The number of piperidine rings is 1. The maximum Gasteiger partial charge on any atom is 0.226 e. The van der Waals surface area contributed by atoms with Gasteiger partial charge in [0.05, 0.1) is 0 Å². The summed E-state index contributed by atoms with van der Waals surface area (Å²) in [7, 11) is 2.02. The molecule has 0 bridgehead atoms. The van der Waals surface area contributed by atoms with Crippen molar-refractivity contribution in [3.05, 3.63) is 30.4 Å². The molecule has 1 unspecified atom stereocenters. The number of likely N-dealkylation sites (tertiary alicyclic amines) is 1. The van der Waals surface area contributed by atoms with Crippen LogP contribution < -0.4 is 0 Å². The number of carbonyl (C=O) groups is 1. The highest BCUT2D eigenvalue weighted by Crippen LogP contribution is 2.25. The van der Waals surface area contributed by atoms with Crippen molar-refractivity contribution in [2.75, 3.05) is 13.1 Å². The van der Waals surface area contributed by atoms with Crippen molar-refractivity contribution in [1.29, 1.82) is 0 Å². The Morgan fingerprint density at radius 1 is 1.53 bits per heavy atom. The number of imidazole rings is 1. The number of amides is 1. The summed E-state index contributed by atoms with van der Waals surface area (Å²) < 4.78 is 2.07. The van der Waals surface area contributed by atoms with E-state index < -0.39 is 0 Å². The van der Waals surface area contributed by atoms with Gasteiger partial charge in [-0.15, -0.1) is 0 Å². The first kappa shape index (κ1) is 13.8. The number of aromatic nitrogens is 2. The molecule has 4 nitrogen and oxygen atoms in total. The molecule has 0 N–H and O–H groups in total. The van der Waals surface area contributed by atoms with Gasteiger partial charge in [0.25, 0.3) is 0 Å². The molecule has 1 amide bonds. The first-order chi connectivity index (χ1) is 9.22. The highest BCUT2D eigenvalue weighted by molar-refractivity contribution is 5.77. The van der Waals surface area contributed by atoms with Crippen LogP contribution >= 0.6 is 0 Å². The third-order valence-corrected chi connectivity index (χ3v) is 3.69. The van der Waals surface area contributed by atoms with Crippen LogP contribution in [0.3, 0.4) is 0 Å². The first-order valence-electron chi connectivity index (χ1n) is 7.12. The summed E-state index contributed by atoms with van der Waals surface area (Å²) in [6.45, 7) is 3.78. The average Bonchev–Trinajstić information content (AvgIpc) is 2.85. The lowest BCUT2D eigenvalue weighted by molar-refractivity contribution is -0.131. The van der Waals surface area contributed by atoms with Gasteiger partial charge in [0.1, 0.15) is 5.82 Å². The van der Waals surface area contributed by atoms with Gasteiger partial charge in [0.2, 0.25) is 5.91 Å². The number of allylic oxidation sites excluding steroid dienone is 1. The van der Waals surface area contributed by atoms with Crippen LogP contribution in [0.25, 0.3) is 0 Å². The van der Waals surface area contributed by atoms with E-state index in [1.165, 1.54) is 0 Å². The standard InChI is InChI=1S/C15H23N3O/c1-3-4-5-8-14(19)18-10-6-7-13(12-18)15-16-9-11-17(15)2/h4-5,9,11,13H,3,6-8,10,12H2,1-2H3. The maximum atomic E-state index is 12.1. The van der Waals surface area contributed by atoms with Crippen LogP contribution in [0.2, 0.25) is 0 Å². The van der Waals surface area contributed by atoms with Crippen molar-refractivity contribution in [3.8, 4) is 0 Å². The monoisotopic (exact) mass is 261 g/mol. The summed E-state index contributed by atoms with van der Waals surface area (Å²) in [6, 6.07) is 0. The summed E-state index contributed by atoms with van der Waals surface area (Å²) in [5.41, 5.74) is 0. The van der Waals surface area contributed by atoms with Gasteiger partial charge in [-0.05, 0) is 19.3 Å². The third-order valence-electron chi connectivity index (χ3n) is 3.69. The third kappa shape index (κ3) is 3.46. The van der Waals surface area contributed by atoms with Gasteiger partial charge >= 0.3 is 0 Å². The van der Waals surface area contributed by atoms with E-state index in [-0.39, 0.29) is 5.91 Å². The fraction of sp³-hybridized carbons (Fsp3) is 0.600. The van der Waals surface area contributed by atoms with Crippen LogP contribution in [0, 0.1) is 0 Å². The van der Waals surface area contributed by atoms with Crippen molar-refractivity contribution < 1.29 is 4.79 Å². The molecule has 2 rings (SSSR count). The topological polar surface area (TPSA) is 38.1 Å². The zero-order valence-electron chi connectivity index (χ0n) is 11.9. The minimum Gasteiger partial charge on any atom is -0.342 e. The molecule has 1 aromatic heterocycles. The number of nitrogens with zero attached hydrogens (tertiary/aromatic N) is 3. The molecule has 1 aromatic rings. The molecule has 0 aromatic carbocycles. The molecule has 4 heteroatoms. The Morgan fingerprint density at radius 2 is 2.37 bits per heavy atom. The molecule has 0 spiro atoms. The molecule has 0 aliphatic carbocycles. The van der Waals surface area contributed by atoms with Crippen LogP contribution in [-0.4, -0.2) is 33.4 Å². The molecular weight excluding hydrogens is 238 g/mol. The summed E-state index contributed by atoms with van der Waals surface area (Å²) in [4.78, 5) is 18.5. The van der Waals surface area contributed by atoms with E-state index in [0.717, 1.165) is 38.2 Å². The van der Waals surface area contributed by atoms with E-state index in [1.54, 1.807) is 0 Å². The Bertz CT molecular complexity index is 450. The zero-order valence-corrected chi connectivity index (χ0v) is 11.9. The molecule has 1 fully saturated rings. The normalized spacial score (nSPS) is 20.1. The quantitative estimate of drug-likeness (QED) is 0.781. The van der Waals surface area contributed by atoms with Gasteiger partial charge in [-0.25, -0.2) is 4.98 Å². The largest absolute Gasteiger partial charge is 0.342 e. The Morgan fingerprint density at radius 3 is 3.05 bits per heavy atom. The Hall–Kier alpha value is -1.58. The second kappa shape index (κ2) is 6.55. The molecule has 1 aliphatic heterocycles. The van der Waals surface area contributed by atoms with Gasteiger partial charge in [-0.3, -0.25) is 4.79 Å². The zero-order chi connectivity index (χ0) is 13.7. The van der Waals surface area contributed by atoms with Crippen molar-refractivity contribution in [2.24, 2.45) is 7.05 Å². The maximum absolute atomic E-state index is 12.1. The number of hydrogen-bond donors (Lipinski definition) is 0. The number of aryl methyl sites for hydroxylation is 1. The fourth-order valence-corrected chi connectivity index (χ4v) is 2.66. The predicted molar refractivity (Wildman–Crippen MR) is 75.8 cm³/mol. The molecule has 1 atom stereocenters. The molecule has 1 aliphatic rings. The van der Waals surface area contributed by atoms with Gasteiger partial charge in [0.15, 0.2) is 0 Å². The molecule has 19 heavy (non-hydrogen) atoms. The molecular formula is C15H23N3O. The summed E-state index contributed by atoms with van der Waals surface area (Å²) in [5, 5.41) is 0. The van der Waals surface area contributed by atoms with E-state index in [0.29, 0.717) is 12.3 Å². The van der Waals surface area contributed by atoms with Gasteiger partial charge in [0, 0.05) is 44.9 Å². The van der Waals surface area contributed by atoms with Gasteiger partial charge in [-0.2, -0.15) is 0 Å². The van der Waals surface area contributed by atoms with E-state index in [2.05, 4.69) is 22.6 Å². The van der Waals surface area contributed by atoms with Gasteiger partial charge in [-0.1, -0.05) is 19.1 Å². The SMILES string of the molecule is CCC=CCC(=O)N1CCCC(c2nccn2C)C1. The van der Waals surface area contributed by atoms with Crippen LogP contribution in [0.5, 0.6) is 0 Å². The Labute approximate surface area is 115 Å². The lowest BCUT2D eigenvalue weighted by Crippen LogP contribution is -2.39. The van der Waals surface area contributed by atoms with Crippen LogP contribution in [0.1, 0.15) is 44.3 Å². The summed E-state index contributed by atoms with van der Waals surface area (Å²) in [6.07, 6.45) is 11.6. The predicted octanol–water partition coefficient (Wildman–Crippen LogP) is 2.48. The first-order valence-corrected chi connectivity index (χ1v) is 7.12. The minimum atomic E-state index is 0.239. The summed E-state index contributed by atoms with van der Waals surface area (Å²) >= 11 is 0. The number of rotatable bonds is 4. The van der Waals surface area contributed by atoms with Crippen LogP contribution in [0.4, 0.5) is 0 Å². The second-order valence-corrected chi connectivity index (χ2v) is 5.16. The highest BCUT2D eigenvalue weighted by atomic mass is 16.2. The van der Waals surface area contributed by atoms with Crippen molar-refractivity contribution in [3.63, 3.8) is 0 Å². The Balaban J connectivity index is 1.95. The van der Waals surface area contributed by atoms with Crippen molar-refractivity contribution >= 4 is 5.91 Å². The lowest BCUT2D eigenvalue weighted by Gasteiger charge is -2.32. The molecule has 104 valence electrons. The molecule has 1 saturated heterocycles. The Kier molecular flexibility index (Phi) is 4.77. The van der Waals surface area contributed by atoms with E-state index in [4.69, 9.17) is 0 Å². The lowest BCUT2D eigenvalue weighted by atomic mass is 9.97. The fourth-order valence-electron chi connectivity index (χ4n) is 2.66.